The minimum absolute atomic E-state index is 0.617. The number of alkyl halides is 2. The number of Topliss-reactive ketones (excluding diaryl/α,β-unsaturated/α-hetero) is 1. The van der Waals surface area contributed by atoms with Crippen molar-refractivity contribution < 1.29 is 23.1 Å². The van der Waals surface area contributed by atoms with E-state index in [9.17, 15) is 18.4 Å². The van der Waals surface area contributed by atoms with E-state index >= 15 is 0 Å². The van der Waals surface area contributed by atoms with Gasteiger partial charge in [-0.3, -0.25) is 9.59 Å². The van der Waals surface area contributed by atoms with E-state index in [0.717, 1.165) is 14.0 Å². The fourth-order valence-electron chi connectivity index (χ4n) is 1.32. The Kier molecular flexibility index (Phi) is 2.51. The lowest BCUT2D eigenvalue weighted by molar-refractivity contribution is -0.149. The van der Waals surface area contributed by atoms with Gasteiger partial charge in [0.15, 0.2) is 5.78 Å². The minimum Gasteiger partial charge on any atom is -0.468 e. The molecular formula is C9H9F2NO3. The summed E-state index contributed by atoms with van der Waals surface area (Å²) in [4.78, 5) is 22.4. The highest BCUT2D eigenvalue weighted by Gasteiger charge is 2.73. The lowest BCUT2D eigenvalue weighted by Gasteiger charge is -2.11. The quantitative estimate of drug-likeness (QED) is 0.520. The van der Waals surface area contributed by atoms with Crippen molar-refractivity contribution in [2.75, 3.05) is 7.11 Å². The van der Waals surface area contributed by atoms with E-state index in [0.29, 0.717) is 0 Å². The number of esters is 1. The molecule has 1 aliphatic carbocycles. The monoisotopic (exact) mass is 217 g/mol. The van der Waals surface area contributed by atoms with Crippen LogP contribution in [-0.2, 0) is 14.3 Å². The van der Waals surface area contributed by atoms with E-state index in [1.54, 1.807) is 0 Å². The van der Waals surface area contributed by atoms with E-state index in [4.69, 9.17) is 5.26 Å². The first-order valence-corrected chi connectivity index (χ1v) is 4.20. The number of hydrogen-bond acceptors (Lipinski definition) is 4. The van der Waals surface area contributed by atoms with E-state index in [2.05, 4.69) is 4.74 Å². The first kappa shape index (κ1) is 11.6. The van der Waals surface area contributed by atoms with Crippen LogP contribution in [0.3, 0.4) is 0 Å². The van der Waals surface area contributed by atoms with Crippen LogP contribution in [0.4, 0.5) is 8.78 Å². The van der Waals surface area contributed by atoms with Crippen molar-refractivity contribution in [1.29, 1.82) is 5.26 Å². The van der Waals surface area contributed by atoms with Gasteiger partial charge in [0.2, 0.25) is 5.92 Å². The second-order valence-corrected chi connectivity index (χ2v) is 3.66. The summed E-state index contributed by atoms with van der Waals surface area (Å²) in [5, 5.41) is 8.54. The summed E-state index contributed by atoms with van der Waals surface area (Å²) in [6.45, 7) is 1.04. The number of carbonyl (C=O) groups is 2. The molecule has 0 aliphatic heterocycles. The number of nitrogens with zero attached hydrogens (tertiary/aromatic N) is 1. The summed E-state index contributed by atoms with van der Waals surface area (Å²) < 4.78 is 29.8. The zero-order valence-electron chi connectivity index (χ0n) is 8.21. The zero-order chi connectivity index (χ0) is 11.9. The Hall–Kier alpha value is -1.51. The molecule has 1 rings (SSSR count). The summed E-state index contributed by atoms with van der Waals surface area (Å²) in [6, 6.07) is 1.38. The average molecular weight is 217 g/mol. The summed E-state index contributed by atoms with van der Waals surface area (Å²) >= 11 is 0. The van der Waals surface area contributed by atoms with Gasteiger partial charge < -0.3 is 4.74 Å². The molecule has 0 amide bonds. The van der Waals surface area contributed by atoms with Crippen LogP contribution in [0.15, 0.2) is 0 Å². The second-order valence-electron chi connectivity index (χ2n) is 3.66. The topological polar surface area (TPSA) is 67.2 Å². The molecule has 1 aliphatic rings. The van der Waals surface area contributed by atoms with Gasteiger partial charge in [0.1, 0.15) is 0 Å². The molecule has 2 unspecified atom stereocenters. The van der Waals surface area contributed by atoms with Crippen LogP contribution < -0.4 is 0 Å². The van der Waals surface area contributed by atoms with Crippen molar-refractivity contribution in [3.8, 4) is 6.07 Å². The van der Waals surface area contributed by atoms with E-state index in [1.807, 2.05) is 0 Å². The molecule has 6 heteroatoms. The number of hydrogen-bond donors (Lipinski definition) is 0. The molecule has 0 aromatic carbocycles. The van der Waals surface area contributed by atoms with Crippen molar-refractivity contribution in [3.63, 3.8) is 0 Å². The number of halogens is 2. The third-order valence-corrected chi connectivity index (χ3v) is 2.63. The Labute approximate surface area is 84.8 Å². The summed E-state index contributed by atoms with van der Waals surface area (Å²) in [5.74, 6) is -7.03. The highest BCUT2D eigenvalue weighted by molar-refractivity contribution is 6.06. The predicted octanol–water partition coefficient (Wildman–Crippen LogP) is 0.914. The van der Waals surface area contributed by atoms with Crippen molar-refractivity contribution in [2.24, 2.45) is 11.3 Å². The van der Waals surface area contributed by atoms with Crippen LogP contribution in [0.5, 0.6) is 0 Å². The van der Waals surface area contributed by atoms with Crippen LogP contribution in [0.1, 0.15) is 13.3 Å². The molecule has 4 nitrogen and oxygen atoms in total. The minimum atomic E-state index is -3.12. The Balaban J connectivity index is 2.87. The van der Waals surface area contributed by atoms with Gasteiger partial charge in [-0.15, -0.1) is 0 Å². The number of carbonyl (C=O) groups excluding carboxylic acids is 2. The number of nitriles is 1. The summed E-state index contributed by atoms with van der Waals surface area (Å²) in [5.41, 5.74) is -1.89. The molecule has 0 aromatic heterocycles. The molecule has 0 N–H and O–H groups in total. The number of methoxy groups -OCH3 is 1. The van der Waals surface area contributed by atoms with Crippen molar-refractivity contribution in [2.45, 2.75) is 19.3 Å². The lowest BCUT2D eigenvalue weighted by Crippen LogP contribution is -2.32. The molecule has 1 saturated carbocycles. The maximum atomic E-state index is 12.8. The van der Waals surface area contributed by atoms with Crippen LogP contribution >= 0.6 is 0 Å². The maximum Gasteiger partial charge on any atom is 0.330 e. The summed E-state index contributed by atoms with van der Waals surface area (Å²) in [7, 11) is 0.993. The fraction of sp³-hybridized carbons (Fsp3) is 0.667. The average Bonchev–Trinajstić information content (AvgIpc) is 2.68. The third-order valence-electron chi connectivity index (χ3n) is 2.63. The Bertz CT molecular complexity index is 361. The molecule has 0 heterocycles. The van der Waals surface area contributed by atoms with Gasteiger partial charge in [0.05, 0.1) is 18.6 Å². The molecule has 82 valence electrons. The largest absolute Gasteiger partial charge is 0.468 e. The van der Waals surface area contributed by atoms with Crippen molar-refractivity contribution in [1.82, 2.24) is 0 Å². The molecule has 2 atom stereocenters. The number of ether oxygens (including phenoxy) is 1. The van der Waals surface area contributed by atoms with Crippen LogP contribution in [0, 0.1) is 22.7 Å². The first-order chi connectivity index (χ1) is 6.80. The Morgan fingerprint density at radius 1 is 1.53 bits per heavy atom. The van der Waals surface area contributed by atoms with Crippen LogP contribution in [0.25, 0.3) is 0 Å². The van der Waals surface area contributed by atoms with Crippen molar-refractivity contribution in [3.05, 3.63) is 0 Å². The lowest BCUT2D eigenvalue weighted by atomic mass is 9.92. The molecule has 0 aromatic rings. The Morgan fingerprint density at radius 3 is 2.27 bits per heavy atom. The SMILES string of the molecule is COC(=O)C(C#N)C(=O)C1(C)CC1(F)F. The second kappa shape index (κ2) is 3.26. The molecular weight excluding hydrogens is 208 g/mol. The molecule has 0 saturated heterocycles. The summed E-state index contributed by atoms with van der Waals surface area (Å²) in [6.07, 6.45) is -0.617. The standard InChI is InChI=1S/C9H9F2NO3/c1-8(4-9(8,10)11)6(13)5(3-12)7(14)15-2/h5H,4H2,1-2H3. The highest BCUT2D eigenvalue weighted by Crippen LogP contribution is 2.61. The van der Waals surface area contributed by atoms with Crippen LogP contribution in [0.2, 0.25) is 0 Å². The molecule has 1 fully saturated rings. The first-order valence-electron chi connectivity index (χ1n) is 4.20. The van der Waals surface area contributed by atoms with E-state index in [-0.39, 0.29) is 0 Å². The van der Waals surface area contributed by atoms with Gasteiger partial charge in [-0.2, -0.15) is 5.26 Å². The van der Waals surface area contributed by atoms with E-state index < -0.39 is 35.4 Å². The predicted molar refractivity (Wildman–Crippen MR) is 43.8 cm³/mol. The third kappa shape index (κ3) is 1.58. The molecule has 15 heavy (non-hydrogen) atoms. The maximum absolute atomic E-state index is 12.8. The van der Waals surface area contributed by atoms with Gasteiger partial charge in [-0.1, -0.05) is 0 Å². The molecule has 0 radical (unpaired) electrons. The molecule has 0 spiro atoms. The van der Waals surface area contributed by atoms with Gasteiger partial charge in [-0.05, 0) is 6.92 Å². The number of rotatable bonds is 3. The van der Waals surface area contributed by atoms with E-state index in [1.165, 1.54) is 6.07 Å². The van der Waals surface area contributed by atoms with Gasteiger partial charge in [0.25, 0.3) is 5.92 Å². The number of ketones is 1. The molecule has 0 bridgehead atoms. The Morgan fingerprint density at radius 2 is 2.00 bits per heavy atom. The van der Waals surface area contributed by atoms with Gasteiger partial charge >= 0.3 is 5.97 Å². The smallest absolute Gasteiger partial charge is 0.330 e. The fourth-order valence-corrected chi connectivity index (χ4v) is 1.32. The van der Waals surface area contributed by atoms with Crippen molar-refractivity contribution >= 4 is 11.8 Å². The normalized spacial score (nSPS) is 28.7. The van der Waals surface area contributed by atoms with Gasteiger partial charge in [0, 0.05) is 6.42 Å². The highest BCUT2D eigenvalue weighted by atomic mass is 19.3. The zero-order valence-corrected chi connectivity index (χ0v) is 8.21. The van der Waals surface area contributed by atoms with Gasteiger partial charge in [-0.25, -0.2) is 8.78 Å². The van der Waals surface area contributed by atoms with Crippen LogP contribution in [-0.4, -0.2) is 24.8 Å².